The summed E-state index contributed by atoms with van der Waals surface area (Å²) >= 11 is 0. The van der Waals surface area contributed by atoms with Gasteiger partial charge in [-0.25, -0.2) is 0 Å². The van der Waals surface area contributed by atoms with Gasteiger partial charge >= 0.3 is 0 Å². The molecule has 0 saturated heterocycles. The summed E-state index contributed by atoms with van der Waals surface area (Å²) in [6, 6.07) is 0.237. The lowest BCUT2D eigenvalue weighted by Crippen LogP contribution is -2.66. The molecule has 2 atom stereocenters. The van der Waals surface area contributed by atoms with Gasteiger partial charge in [-0.3, -0.25) is 14.3 Å². The maximum absolute atomic E-state index is 12.5. The summed E-state index contributed by atoms with van der Waals surface area (Å²) in [5, 5.41) is 10.6. The molecule has 124 valence electrons. The molecule has 5 rings (SSSR count). The Morgan fingerprint density at radius 3 is 2.52 bits per heavy atom. The monoisotopic (exact) mass is 316 g/mol. The molecule has 4 aliphatic rings. The highest BCUT2D eigenvalue weighted by Gasteiger charge is 2.56. The van der Waals surface area contributed by atoms with Crippen molar-refractivity contribution in [3.63, 3.8) is 0 Å². The predicted molar refractivity (Wildman–Crippen MR) is 84.6 cm³/mol. The summed E-state index contributed by atoms with van der Waals surface area (Å²) in [5.41, 5.74) is 0.607. The maximum Gasteiger partial charge on any atom is 0.254 e. The average Bonchev–Trinajstić information content (AvgIpc) is 2.87. The van der Waals surface area contributed by atoms with Crippen LogP contribution in [0, 0.1) is 17.8 Å². The quantitative estimate of drug-likeness (QED) is 0.881. The maximum atomic E-state index is 12.5. The Bertz CT molecular complexity index is 637. The molecule has 6 nitrogen and oxygen atoms in total. The number of nitrogens with one attached hydrogen (secondary N) is 2. The topological polar surface area (TPSA) is 76.0 Å². The van der Waals surface area contributed by atoms with E-state index in [2.05, 4.69) is 15.7 Å². The Hall–Kier alpha value is -1.85. The third-order valence-electron chi connectivity index (χ3n) is 5.98. The molecule has 23 heavy (non-hydrogen) atoms. The van der Waals surface area contributed by atoms with Crippen molar-refractivity contribution in [1.29, 1.82) is 0 Å². The lowest BCUT2D eigenvalue weighted by Gasteiger charge is -2.60. The van der Waals surface area contributed by atoms with Crippen molar-refractivity contribution in [3.8, 4) is 0 Å². The van der Waals surface area contributed by atoms with Gasteiger partial charge in [0.25, 0.3) is 5.91 Å². The molecule has 0 aliphatic heterocycles. The van der Waals surface area contributed by atoms with E-state index < -0.39 is 0 Å². The summed E-state index contributed by atoms with van der Waals surface area (Å²) < 4.78 is 1.65. The Morgan fingerprint density at radius 2 is 1.96 bits per heavy atom. The molecule has 0 aromatic carbocycles. The van der Waals surface area contributed by atoms with Gasteiger partial charge in [0, 0.05) is 31.7 Å². The average molecular weight is 316 g/mol. The van der Waals surface area contributed by atoms with Crippen molar-refractivity contribution in [2.24, 2.45) is 24.8 Å². The van der Waals surface area contributed by atoms with Crippen LogP contribution < -0.4 is 10.6 Å². The molecule has 2 unspecified atom stereocenters. The Balaban J connectivity index is 1.50. The first-order valence-corrected chi connectivity index (χ1v) is 8.52. The number of amides is 2. The van der Waals surface area contributed by atoms with Crippen molar-refractivity contribution >= 4 is 11.8 Å². The van der Waals surface area contributed by atoms with Gasteiger partial charge in [-0.05, 0) is 49.9 Å². The van der Waals surface area contributed by atoms with Gasteiger partial charge in [-0.15, -0.1) is 0 Å². The van der Waals surface area contributed by atoms with Crippen molar-refractivity contribution in [2.45, 2.75) is 50.6 Å². The first-order chi connectivity index (χ1) is 10.9. The third-order valence-corrected chi connectivity index (χ3v) is 5.98. The van der Waals surface area contributed by atoms with Crippen LogP contribution in [-0.4, -0.2) is 33.2 Å². The van der Waals surface area contributed by atoms with Gasteiger partial charge in [0.15, 0.2) is 0 Å². The highest BCUT2D eigenvalue weighted by molar-refractivity contribution is 5.93. The largest absolute Gasteiger partial charge is 0.351 e. The van der Waals surface area contributed by atoms with E-state index in [1.54, 1.807) is 24.0 Å². The Kier molecular flexibility index (Phi) is 3.25. The SMILES string of the molecule is CC(=O)NC12CC3CC(C1)C(NC(=O)c1cnn(C)c1)C(C3)C2. The van der Waals surface area contributed by atoms with E-state index in [-0.39, 0.29) is 23.4 Å². The Labute approximate surface area is 136 Å². The number of rotatable bonds is 3. The summed E-state index contributed by atoms with van der Waals surface area (Å²) in [6.45, 7) is 1.61. The molecule has 2 N–H and O–H groups in total. The lowest BCUT2D eigenvalue weighted by molar-refractivity contribution is -0.125. The van der Waals surface area contributed by atoms with E-state index in [1.807, 2.05) is 7.05 Å². The fourth-order valence-electron chi connectivity index (χ4n) is 5.56. The van der Waals surface area contributed by atoms with E-state index in [4.69, 9.17) is 0 Å². The van der Waals surface area contributed by atoms with Gasteiger partial charge in [-0.2, -0.15) is 5.10 Å². The van der Waals surface area contributed by atoms with Crippen LogP contribution in [0.25, 0.3) is 0 Å². The first-order valence-electron chi connectivity index (χ1n) is 8.52. The van der Waals surface area contributed by atoms with Gasteiger partial charge < -0.3 is 10.6 Å². The molecular weight excluding hydrogens is 292 g/mol. The molecular formula is C17H24N4O2. The fourth-order valence-corrected chi connectivity index (χ4v) is 5.56. The molecule has 1 heterocycles. The van der Waals surface area contributed by atoms with Crippen molar-refractivity contribution in [2.75, 3.05) is 0 Å². The molecule has 1 aromatic heterocycles. The molecule has 1 aromatic rings. The minimum Gasteiger partial charge on any atom is -0.351 e. The molecule has 6 heteroatoms. The van der Waals surface area contributed by atoms with Gasteiger partial charge in [0.2, 0.25) is 5.91 Å². The van der Waals surface area contributed by atoms with Gasteiger partial charge in [0.05, 0.1) is 11.8 Å². The van der Waals surface area contributed by atoms with Gasteiger partial charge in [-0.1, -0.05) is 0 Å². The number of aryl methyl sites for hydroxylation is 1. The van der Waals surface area contributed by atoms with Gasteiger partial charge in [0.1, 0.15) is 0 Å². The second-order valence-corrected chi connectivity index (χ2v) is 7.83. The van der Waals surface area contributed by atoms with E-state index in [0.29, 0.717) is 23.3 Å². The normalized spacial score (nSPS) is 37.7. The van der Waals surface area contributed by atoms with Crippen molar-refractivity contribution in [3.05, 3.63) is 18.0 Å². The number of carbonyl (C=O) groups excluding carboxylic acids is 2. The number of hydrogen-bond donors (Lipinski definition) is 2. The molecule has 4 aliphatic carbocycles. The molecule has 2 amide bonds. The number of nitrogens with zero attached hydrogens (tertiary/aromatic N) is 2. The van der Waals surface area contributed by atoms with Crippen LogP contribution in [0.2, 0.25) is 0 Å². The Morgan fingerprint density at radius 1 is 1.26 bits per heavy atom. The number of carbonyl (C=O) groups is 2. The van der Waals surface area contributed by atoms with E-state index in [0.717, 1.165) is 19.3 Å². The second kappa shape index (κ2) is 5.08. The second-order valence-electron chi connectivity index (χ2n) is 7.83. The molecule has 4 saturated carbocycles. The van der Waals surface area contributed by atoms with E-state index in [9.17, 15) is 9.59 Å². The first kappa shape index (κ1) is 14.7. The fraction of sp³-hybridized carbons (Fsp3) is 0.706. The van der Waals surface area contributed by atoms with Crippen LogP contribution in [-0.2, 0) is 11.8 Å². The predicted octanol–water partition coefficient (Wildman–Crippen LogP) is 1.23. The van der Waals surface area contributed by atoms with Crippen LogP contribution >= 0.6 is 0 Å². The van der Waals surface area contributed by atoms with E-state index in [1.165, 1.54) is 12.8 Å². The zero-order valence-electron chi connectivity index (χ0n) is 13.7. The van der Waals surface area contributed by atoms with Crippen LogP contribution in [0.15, 0.2) is 12.4 Å². The molecule has 4 bridgehead atoms. The van der Waals surface area contributed by atoms with Crippen molar-refractivity contribution < 1.29 is 9.59 Å². The zero-order valence-corrected chi connectivity index (χ0v) is 13.7. The third kappa shape index (κ3) is 2.54. The van der Waals surface area contributed by atoms with Crippen molar-refractivity contribution in [1.82, 2.24) is 20.4 Å². The van der Waals surface area contributed by atoms with Crippen LogP contribution in [0.4, 0.5) is 0 Å². The smallest absolute Gasteiger partial charge is 0.254 e. The minimum absolute atomic E-state index is 0.0160. The standard InChI is InChI=1S/C17H24N4O2/c1-10(22)20-17-5-11-3-12(6-17)15(13(4-11)7-17)19-16(23)14-8-18-21(2)9-14/h8-9,11-13,15H,3-7H2,1-2H3,(H,19,23)(H,20,22). The van der Waals surface area contributed by atoms with Crippen LogP contribution in [0.3, 0.4) is 0 Å². The summed E-state index contributed by atoms with van der Waals surface area (Å²) in [5.74, 6) is 1.71. The molecule has 0 spiro atoms. The summed E-state index contributed by atoms with van der Waals surface area (Å²) in [4.78, 5) is 24.1. The lowest BCUT2D eigenvalue weighted by atomic mass is 9.51. The van der Waals surface area contributed by atoms with E-state index >= 15 is 0 Å². The molecule has 4 fully saturated rings. The highest BCUT2D eigenvalue weighted by atomic mass is 16.2. The number of hydrogen-bond acceptors (Lipinski definition) is 3. The highest BCUT2D eigenvalue weighted by Crippen LogP contribution is 2.55. The zero-order chi connectivity index (χ0) is 16.2. The van der Waals surface area contributed by atoms with Crippen LogP contribution in [0.5, 0.6) is 0 Å². The minimum atomic E-state index is -0.0239. The molecule has 0 radical (unpaired) electrons. The summed E-state index contributed by atoms with van der Waals surface area (Å²) in [6.07, 6.45) is 8.83. The van der Waals surface area contributed by atoms with Crippen LogP contribution in [0.1, 0.15) is 49.4 Å². The summed E-state index contributed by atoms with van der Waals surface area (Å²) in [7, 11) is 1.82. The number of aromatic nitrogens is 2.